The molecule has 2 amide bonds. The number of likely N-dealkylation sites (tertiary alicyclic amines) is 1. The van der Waals surface area contributed by atoms with E-state index in [4.69, 9.17) is 0 Å². The van der Waals surface area contributed by atoms with Gasteiger partial charge in [-0.15, -0.1) is 0 Å². The molecule has 0 spiro atoms. The van der Waals surface area contributed by atoms with E-state index >= 15 is 0 Å². The molecule has 1 aromatic rings. The molecule has 0 radical (unpaired) electrons. The van der Waals surface area contributed by atoms with Gasteiger partial charge in [-0.2, -0.15) is 0 Å². The smallest absolute Gasteiger partial charge is 0.279 e. The van der Waals surface area contributed by atoms with Gasteiger partial charge in [-0.25, -0.2) is 0 Å². The van der Waals surface area contributed by atoms with E-state index < -0.39 is 0 Å². The van der Waals surface area contributed by atoms with E-state index in [0.717, 1.165) is 57.8 Å². The van der Waals surface area contributed by atoms with Crippen molar-refractivity contribution in [1.82, 2.24) is 4.90 Å². The summed E-state index contributed by atoms with van der Waals surface area (Å²) in [5, 5.41) is 2.94. The summed E-state index contributed by atoms with van der Waals surface area (Å²) in [6.45, 7) is 6.55. The summed E-state index contributed by atoms with van der Waals surface area (Å²) in [6.07, 6.45) is 2.19. The van der Waals surface area contributed by atoms with Crippen molar-refractivity contribution in [2.75, 3.05) is 58.2 Å². The molecule has 6 heteroatoms. The van der Waals surface area contributed by atoms with Gasteiger partial charge in [0.1, 0.15) is 26.2 Å². The van der Waals surface area contributed by atoms with Gasteiger partial charge < -0.3 is 20.0 Å². The lowest BCUT2D eigenvalue weighted by Crippen LogP contribution is -3.27. The number of piperazine rings is 1. The van der Waals surface area contributed by atoms with Crippen molar-refractivity contribution in [3.63, 3.8) is 0 Å². The zero-order chi connectivity index (χ0) is 16.9. The summed E-state index contributed by atoms with van der Waals surface area (Å²) >= 11 is 0. The summed E-state index contributed by atoms with van der Waals surface area (Å²) in [6, 6.07) is 7.26. The second-order valence-corrected chi connectivity index (χ2v) is 7.01. The van der Waals surface area contributed by atoms with Gasteiger partial charge in [0.25, 0.3) is 11.8 Å². The Morgan fingerprint density at radius 3 is 2.29 bits per heavy atom. The molecule has 2 aliphatic heterocycles. The fraction of sp³-hybridized carbons (Fsp3) is 0.556. The molecular formula is C18H28N4O2+2. The molecule has 2 aliphatic rings. The Kier molecular flexibility index (Phi) is 5.48. The minimum atomic E-state index is 0.0446. The van der Waals surface area contributed by atoms with Gasteiger partial charge in [-0.1, -0.05) is 0 Å². The highest BCUT2D eigenvalue weighted by Gasteiger charge is 2.22. The lowest BCUT2D eigenvalue weighted by Gasteiger charge is -2.26. The Balaban J connectivity index is 1.50. The average molecular weight is 332 g/mol. The lowest BCUT2D eigenvalue weighted by atomic mass is 10.2. The molecule has 2 saturated heterocycles. The monoisotopic (exact) mass is 332 g/mol. The lowest BCUT2D eigenvalue weighted by molar-refractivity contribution is -0.999. The highest BCUT2D eigenvalue weighted by atomic mass is 16.2. The van der Waals surface area contributed by atoms with Crippen LogP contribution in [0.15, 0.2) is 24.3 Å². The molecule has 2 fully saturated rings. The van der Waals surface area contributed by atoms with E-state index in [1.54, 1.807) is 0 Å². The first kappa shape index (κ1) is 16.9. The number of benzene rings is 1. The molecule has 0 aliphatic carbocycles. The predicted octanol–water partition coefficient (Wildman–Crippen LogP) is -1.73. The molecule has 3 N–H and O–H groups in total. The summed E-state index contributed by atoms with van der Waals surface area (Å²) in [5.74, 6) is 0.137. The van der Waals surface area contributed by atoms with Gasteiger partial charge in [-0.05, 0) is 37.1 Å². The Morgan fingerprint density at radius 2 is 1.67 bits per heavy atom. The number of hydrogen-bond donors (Lipinski definition) is 3. The van der Waals surface area contributed by atoms with Crippen LogP contribution in [0.25, 0.3) is 0 Å². The number of hydrogen-bond acceptors (Lipinski definition) is 2. The molecule has 0 saturated carbocycles. The van der Waals surface area contributed by atoms with E-state index in [0.29, 0.717) is 12.1 Å². The molecule has 1 aromatic carbocycles. The second kappa shape index (κ2) is 7.77. The van der Waals surface area contributed by atoms with E-state index in [9.17, 15) is 9.59 Å². The number of nitrogens with one attached hydrogen (secondary N) is 3. The molecule has 0 bridgehead atoms. The van der Waals surface area contributed by atoms with Crippen molar-refractivity contribution in [2.24, 2.45) is 0 Å². The first-order valence-electron chi connectivity index (χ1n) is 8.96. The van der Waals surface area contributed by atoms with Gasteiger partial charge in [-0.3, -0.25) is 9.59 Å². The molecule has 3 rings (SSSR count). The quantitative estimate of drug-likeness (QED) is 0.614. The zero-order valence-corrected chi connectivity index (χ0v) is 14.4. The van der Waals surface area contributed by atoms with Crippen molar-refractivity contribution in [2.45, 2.75) is 12.8 Å². The van der Waals surface area contributed by atoms with Crippen molar-refractivity contribution in [3.05, 3.63) is 29.8 Å². The molecule has 24 heavy (non-hydrogen) atoms. The SMILES string of the molecule is C[NH+]1CC[NH+](CC(=O)Nc2ccc(C(=O)N3CCCC3)cc2)CC1. The van der Waals surface area contributed by atoms with Gasteiger partial charge in [0.15, 0.2) is 6.54 Å². The number of anilines is 1. The first-order valence-corrected chi connectivity index (χ1v) is 8.96. The van der Waals surface area contributed by atoms with Gasteiger partial charge in [0, 0.05) is 24.3 Å². The van der Waals surface area contributed by atoms with Crippen LogP contribution in [0.5, 0.6) is 0 Å². The normalized spacial score (nSPS) is 24.0. The fourth-order valence-electron chi connectivity index (χ4n) is 3.44. The zero-order valence-electron chi connectivity index (χ0n) is 14.4. The topological polar surface area (TPSA) is 58.3 Å². The minimum Gasteiger partial charge on any atom is -0.339 e. The fourth-order valence-corrected chi connectivity index (χ4v) is 3.44. The number of likely N-dealkylation sites (N-methyl/N-ethyl adjacent to an activating group) is 1. The largest absolute Gasteiger partial charge is 0.339 e. The molecule has 0 atom stereocenters. The summed E-state index contributed by atoms with van der Waals surface area (Å²) in [5.41, 5.74) is 1.46. The van der Waals surface area contributed by atoms with E-state index in [-0.39, 0.29) is 11.8 Å². The third-order valence-electron chi connectivity index (χ3n) is 5.03. The van der Waals surface area contributed by atoms with Gasteiger partial charge in [0.2, 0.25) is 0 Å². The number of carbonyl (C=O) groups excluding carboxylic acids is 2. The first-order chi connectivity index (χ1) is 11.6. The molecule has 130 valence electrons. The highest BCUT2D eigenvalue weighted by Crippen LogP contribution is 2.15. The van der Waals surface area contributed by atoms with Crippen LogP contribution in [0.4, 0.5) is 5.69 Å². The molecular weight excluding hydrogens is 304 g/mol. The van der Waals surface area contributed by atoms with Crippen LogP contribution in [-0.2, 0) is 4.79 Å². The molecule has 0 aromatic heterocycles. The number of quaternary nitrogens is 2. The average Bonchev–Trinajstić information content (AvgIpc) is 3.11. The third-order valence-corrected chi connectivity index (χ3v) is 5.03. The Morgan fingerprint density at radius 1 is 1.04 bits per heavy atom. The Labute approximate surface area is 143 Å². The standard InChI is InChI=1S/C18H26N4O2/c1-20-10-12-21(13-11-20)14-17(23)19-16-6-4-15(5-7-16)18(24)22-8-2-3-9-22/h4-7H,2-3,8-14H2,1H3,(H,19,23)/p+2. The number of carbonyl (C=O) groups is 2. The van der Waals surface area contributed by atoms with Crippen LogP contribution in [0.2, 0.25) is 0 Å². The maximum Gasteiger partial charge on any atom is 0.279 e. The van der Waals surface area contributed by atoms with Crippen LogP contribution in [0.1, 0.15) is 23.2 Å². The highest BCUT2D eigenvalue weighted by molar-refractivity contribution is 5.96. The van der Waals surface area contributed by atoms with Crippen LogP contribution < -0.4 is 15.1 Å². The second-order valence-electron chi connectivity index (χ2n) is 7.01. The van der Waals surface area contributed by atoms with Crippen molar-refractivity contribution < 1.29 is 19.4 Å². The van der Waals surface area contributed by atoms with Crippen molar-refractivity contribution in [1.29, 1.82) is 0 Å². The maximum atomic E-state index is 12.3. The number of amides is 2. The predicted molar refractivity (Wildman–Crippen MR) is 92.4 cm³/mol. The molecule has 0 unspecified atom stereocenters. The van der Waals surface area contributed by atoms with Crippen molar-refractivity contribution in [3.8, 4) is 0 Å². The van der Waals surface area contributed by atoms with Crippen LogP contribution in [0, 0.1) is 0 Å². The summed E-state index contributed by atoms with van der Waals surface area (Å²) in [4.78, 5) is 29.3. The summed E-state index contributed by atoms with van der Waals surface area (Å²) in [7, 11) is 2.20. The number of nitrogens with zero attached hydrogens (tertiary/aromatic N) is 1. The third kappa shape index (κ3) is 4.33. The maximum absolute atomic E-state index is 12.3. The van der Waals surface area contributed by atoms with Gasteiger partial charge >= 0.3 is 0 Å². The van der Waals surface area contributed by atoms with Crippen molar-refractivity contribution >= 4 is 17.5 Å². The van der Waals surface area contributed by atoms with E-state index in [1.807, 2.05) is 29.2 Å². The van der Waals surface area contributed by atoms with E-state index in [2.05, 4.69) is 12.4 Å². The van der Waals surface area contributed by atoms with Gasteiger partial charge in [0.05, 0.1) is 7.05 Å². The summed E-state index contributed by atoms with van der Waals surface area (Å²) < 4.78 is 0. The molecule has 6 nitrogen and oxygen atoms in total. The van der Waals surface area contributed by atoms with Crippen LogP contribution >= 0.6 is 0 Å². The Bertz CT molecular complexity index is 573. The number of rotatable bonds is 4. The van der Waals surface area contributed by atoms with E-state index in [1.165, 1.54) is 9.80 Å². The minimum absolute atomic E-state index is 0.0446. The van der Waals surface area contributed by atoms with Crippen LogP contribution in [0.3, 0.4) is 0 Å². The Hall–Kier alpha value is -1.92. The van der Waals surface area contributed by atoms with Crippen LogP contribution in [-0.4, -0.2) is 69.6 Å². The molecule has 2 heterocycles.